The molecule has 1 amide bonds. The SMILES string of the molecule is CCCCCc1ccc(Oc2ccc(C(=O)N(C)C)cn2)cc1. The summed E-state index contributed by atoms with van der Waals surface area (Å²) in [4.78, 5) is 17.5. The zero-order valence-corrected chi connectivity index (χ0v) is 14.1. The van der Waals surface area contributed by atoms with Crippen LogP contribution in [-0.2, 0) is 6.42 Å². The van der Waals surface area contributed by atoms with E-state index in [1.807, 2.05) is 12.1 Å². The van der Waals surface area contributed by atoms with Crippen molar-refractivity contribution in [2.75, 3.05) is 14.1 Å². The summed E-state index contributed by atoms with van der Waals surface area (Å²) in [5.74, 6) is 1.17. The van der Waals surface area contributed by atoms with Crippen LogP contribution >= 0.6 is 0 Å². The van der Waals surface area contributed by atoms with Crippen LogP contribution in [0.4, 0.5) is 0 Å². The number of aryl methyl sites for hydroxylation is 1. The van der Waals surface area contributed by atoms with Gasteiger partial charge in [0.25, 0.3) is 5.91 Å². The van der Waals surface area contributed by atoms with Gasteiger partial charge in [0, 0.05) is 26.4 Å². The summed E-state index contributed by atoms with van der Waals surface area (Å²) in [6.07, 6.45) is 6.36. The van der Waals surface area contributed by atoms with Crippen molar-refractivity contribution in [3.63, 3.8) is 0 Å². The molecule has 0 spiro atoms. The number of ether oxygens (including phenoxy) is 1. The number of hydrogen-bond acceptors (Lipinski definition) is 3. The first-order chi connectivity index (χ1) is 11.1. The molecule has 1 aromatic heterocycles. The maximum atomic E-state index is 11.8. The van der Waals surface area contributed by atoms with E-state index in [0.717, 1.165) is 12.2 Å². The van der Waals surface area contributed by atoms with Crippen molar-refractivity contribution in [2.24, 2.45) is 0 Å². The van der Waals surface area contributed by atoms with E-state index in [9.17, 15) is 4.79 Å². The molecule has 122 valence electrons. The predicted molar refractivity (Wildman–Crippen MR) is 92.0 cm³/mol. The van der Waals surface area contributed by atoms with Crippen molar-refractivity contribution in [2.45, 2.75) is 32.6 Å². The lowest BCUT2D eigenvalue weighted by atomic mass is 10.1. The molecule has 0 aliphatic rings. The van der Waals surface area contributed by atoms with Crippen molar-refractivity contribution in [3.8, 4) is 11.6 Å². The molecule has 2 rings (SSSR count). The molecule has 0 N–H and O–H groups in total. The average molecular weight is 312 g/mol. The molecule has 0 aliphatic carbocycles. The third-order valence-corrected chi connectivity index (χ3v) is 3.60. The Hall–Kier alpha value is -2.36. The summed E-state index contributed by atoms with van der Waals surface area (Å²) in [7, 11) is 3.43. The van der Waals surface area contributed by atoms with Crippen LogP contribution in [0, 0.1) is 0 Å². The Balaban J connectivity index is 1.95. The third kappa shape index (κ3) is 5.09. The maximum Gasteiger partial charge on any atom is 0.254 e. The number of nitrogens with zero attached hydrogens (tertiary/aromatic N) is 2. The van der Waals surface area contributed by atoms with E-state index in [2.05, 4.69) is 24.0 Å². The predicted octanol–water partition coefficient (Wildman–Crippen LogP) is 4.31. The summed E-state index contributed by atoms with van der Waals surface area (Å²) < 4.78 is 5.72. The van der Waals surface area contributed by atoms with Crippen molar-refractivity contribution in [3.05, 3.63) is 53.7 Å². The van der Waals surface area contributed by atoms with Crippen LogP contribution in [-0.4, -0.2) is 29.9 Å². The Morgan fingerprint density at radius 2 is 1.83 bits per heavy atom. The smallest absolute Gasteiger partial charge is 0.254 e. The fourth-order valence-corrected chi connectivity index (χ4v) is 2.25. The average Bonchev–Trinajstić information content (AvgIpc) is 2.56. The van der Waals surface area contributed by atoms with Gasteiger partial charge < -0.3 is 9.64 Å². The number of hydrogen-bond donors (Lipinski definition) is 0. The van der Waals surface area contributed by atoms with Crippen molar-refractivity contribution < 1.29 is 9.53 Å². The summed E-state index contributed by atoms with van der Waals surface area (Å²) >= 11 is 0. The molecule has 0 unspecified atom stereocenters. The van der Waals surface area contributed by atoms with Gasteiger partial charge in [-0.25, -0.2) is 4.98 Å². The van der Waals surface area contributed by atoms with Gasteiger partial charge in [-0.05, 0) is 36.6 Å². The molecule has 0 fully saturated rings. The molecule has 0 saturated heterocycles. The monoisotopic (exact) mass is 312 g/mol. The number of unbranched alkanes of at least 4 members (excludes halogenated alkanes) is 2. The molecule has 4 heteroatoms. The molecular weight excluding hydrogens is 288 g/mol. The standard InChI is InChI=1S/C19H24N2O2/c1-4-5-6-7-15-8-11-17(12-9-15)23-18-13-10-16(14-20-18)19(22)21(2)3/h8-14H,4-7H2,1-3H3. The summed E-state index contributed by atoms with van der Waals surface area (Å²) in [5, 5.41) is 0. The van der Waals surface area contributed by atoms with E-state index in [4.69, 9.17) is 4.74 Å². The zero-order chi connectivity index (χ0) is 16.7. The second kappa shape index (κ2) is 8.32. The van der Waals surface area contributed by atoms with E-state index in [1.54, 1.807) is 26.2 Å². The Labute approximate surface area is 138 Å². The van der Waals surface area contributed by atoms with Gasteiger partial charge in [-0.3, -0.25) is 4.79 Å². The van der Waals surface area contributed by atoms with Gasteiger partial charge in [0.05, 0.1) is 5.56 Å². The van der Waals surface area contributed by atoms with Crippen LogP contribution in [0.2, 0.25) is 0 Å². The molecule has 0 bridgehead atoms. The first-order valence-electron chi connectivity index (χ1n) is 8.04. The second-order valence-corrected chi connectivity index (χ2v) is 5.79. The van der Waals surface area contributed by atoms with Crippen LogP contribution in [0.3, 0.4) is 0 Å². The minimum Gasteiger partial charge on any atom is -0.439 e. The second-order valence-electron chi connectivity index (χ2n) is 5.79. The number of pyridine rings is 1. The highest BCUT2D eigenvalue weighted by Crippen LogP contribution is 2.20. The van der Waals surface area contributed by atoms with Crippen LogP contribution in [0.15, 0.2) is 42.6 Å². The highest BCUT2D eigenvalue weighted by molar-refractivity contribution is 5.93. The molecule has 0 radical (unpaired) electrons. The molecule has 1 heterocycles. The number of benzene rings is 1. The lowest BCUT2D eigenvalue weighted by Gasteiger charge is -2.10. The van der Waals surface area contributed by atoms with Crippen LogP contribution in [0.25, 0.3) is 0 Å². The van der Waals surface area contributed by atoms with E-state index in [1.165, 1.54) is 35.9 Å². The van der Waals surface area contributed by atoms with Gasteiger partial charge in [-0.2, -0.15) is 0 Å². The highest BCUT2D eigenvalue weighted by atomic mass is 16.5. The lowest BCUT2D eigenvalue weighted by molar-refractivity contribution is 0.0827. The van der Waals surface area contributed by atoms with Crippen molar-refractivity contribution >= 4 is 5.91 Å². The van der Waals surface area contributed by atoms with Gasteiger partial charge in [-0.1, -0.05) is 31.9 Å². The van der Waals surface area contributed by atoms with E-state index < -0.39 is 0 Å². The van der Waals surface area contributed by atoms with E-state index in [-0.39, 0.29) is 5.91 Å². The number of carbonyl (C=O) groups is 1. The Morgan fingerprint density at radius 3 is 2.39 bits per heavy atom. The zero-order valence-electron chi connectivity index (χ0n) is 14.1. The van der Waals surface area contributed by atoms with Crippen LogP contribution < -0.4 is 4.74 Å². The van der Waals surface area contributed by atoms with Gasteiger partial charge in [0.15, 0.2) is 0 Å². The lowest BCUT2D eigenvalue weighted by Crippen LogP contribution is -2.21. The topological polar surface area (TPSA) is 42.4 Å². The summed E-state index contributed by atoms with van der Waals surface area (Å²) in [6, 6.07) is 11.5. The largest absolute Gasteiger partial charge is 0.439 e. The Morgan fingerprint density at radius 1 is 1.09 bits per heavy atom. The quantitative estimate of drug-likeness (QED) is 0.716. The molecule has 4 nitrogen and oxygen atoms in total. The van der Waals surface area contributed by atoms with Gasteiger partial charge in [0.2, 0.25) is 5.88 Å². The highest BCUT2D eigenvalue weighted by Gasteiger charge is 2.08. The third-order valence-electron chi connectivity index (χ3n) is 3.60. The number of carbonyl (C=O) groups excluding carboxylic acids is 1. The Kier molecular flexibility index (Phi) is 6.15. The van der Waals surface area contributed by atoms with Crippen molar-refractivity contribution in [1.82, 2.24) is 9.88 Å². The first kappa shape index (κ1) is 17.0. The van der Waals surface area contributed by atoms with E-state index in [0.29, 0.717) is 11.4 Å². The fraction of sp³-hybridized carbons (Fsp3) is 0.368. The normalized spacial score (nSPS) is 10.4. The molecule has 0 atom stereocenters. The number of amides is 1. The number of aromatic nitrogens is 1. The van der Waals surface area contributed by atoms with Gasteiger partial charge in [-0.15, -0.1) is 0 Å². The minimum absolute atomic E-state index is 0.0690. The van der Waals surface area contributed by atoms with E-state index >= 15 is 0 Å². The Bertz CT molecular complexity index is 619. The van der Waals surface area contributed by atoms with Gasteiger partial charge in [0.1, 0.15) is 5.75 Å². The van der Waals surface area contributed by atoms with Gasteiger partial charge >= 0.3 is 0 Å². The summed E-state index contributed by atoms with van der Waals surface area (Å²) in [6.45, 7) is 2.21. The van der Waals surface area contributed by atoms with Crippen molar-refractivity contribution in [1.29, 1.82) is 0 Å². The molecule has 2 aromatic rings. The molecular formula is C19H24N2O2. The first-order valence-corrected chi connectivity index (χ1v) is 8.04. The maximum absolute atomic E-state index is 11.8. The molecule has 1 aromatic carbocycles. The molecule has 0 aliphatic heterocycles. The molecule has 23 heavy (non-hydrogen) atoms. The number of rotatable bonds is 7. The fourth-order valence-electron chi connectivity index (χ4n) is 2.25. The van der Waals surface area contributed by atoms with Crippen LogP contribution in [0.1, 0.15) is 42.1 Å². The molecule has 0 saturated carbocycles. The summed E-state index contributed by atoms with van der Waals surface area (Å²) in [5.41, 5.74) is 1.87. The minimum atomic E-state index is -0.0690. The van der Waals surface area contributed by atoms with Crippen LogP contribution in [0.5, 0.6) is 11.6 Å².